The van der Waals surface area contributed by atoms with Gasteiger partial charge in [-0.3, -0.25) is 0 Å². The molecular weight excluding hydrogens is 284 g/mol. The highest BCUT2D eigenvalue weighted by Gasteiger charge is 2.27. The standard InChI is InChI=1S/C10H13ClO4S2/c1-4-7-5-16-8(9(7)17(11,13)14)10(12)15-6(2)3/h5-6H,4H2,1-3H3. The van der Waals surface area contributed by atoms with Crippen molar-refractivity contribution in [2.75, 3.05) is 0 Å². The van der Waals surface area contributed by atoms with Crippen molar-refractivity contribution in [1.29, 1.82) is 0 Å². The smallest absolute Gasteiger partial charge is 0.349 e. The largest absolute Gasteiger partial charge is 0.459 e. The van der Waals surface area contributed by atoms with Gasteiger partial charge in [0.15, 0.2) is 0 Å². The topological polar surface area (TPSA) is 60.4 Å². The maximum atomic E-state index is 11.7. The third-order valence-corrected chi connectivity index (χ3v) is 4.52. The molecule has 0 N–H and O–H groups in total. The van der Waals surface area contributed by atoms with E-state index in [0.29, 0.717) is 12.0 Å². The lowest BCUT2D eigenvalue weighted by molar-refractivity contribution is 0.0379. The van der Waals surface area contributed by atoms with Crippen LogP contribution in [0.1, 0.15) is 36.0 Å². The third kappa shape index (κ3) is 3.43. The number of rotatable bonds is 4. The molecule has 96 valence electrons. The molecule has 0 aliphatic heterocycles. The van der Waals surface area contributed by atoms with Crippen LogP contribution in [0.5, 0.6) is 0 Å². The summed E-state index contributed by atoms with van der Waals surface area (Å²) in [6.07, 6.45) is 0.188. The molecule has 1 aromatic heterocycles. The molecule has 0 aliphatic rings. The van der Waals surface area contributed by atoms with Gasteiger partial charge in [-0.15, -0.1) is 11.3 Å². The van der Waals surface area contributed by atoms with E-state index in [4.69, 9.17) is 15.4 Å². The van der Waals surface area contributed by atoms with Crippen LogP contribution >= 0.6 is 22.0 Å². The van der Waals surface area contributed by atoms with Crippen molar-refractivity contribution in [3.63, 3.8) is 0 Å². The minimum atomic E-state index is -3.93. The summed E-state index contributed by atoms with van der Waals surface area (Å²) >= 11 is 1.04. The molecule has 0 fully saturated rings. The first kappa shape index (κ1) is 14.5. The molecule has 1 rings (SSSR count). The van der Waals surface area contributed by atoms with Crippen LogP contribution in [0.2, 0.25) is 0 Å². The first-order valence-corrected chi connectivity index (χ1v) is 8.22. The fraction of sp³-hybridized carbons (Fsp3) is 0.500. The molecule has 0 amide bonds. The van der Waals surface area contributed by atoms with Crippen LogP contribution in [0.15, 0.2) is 10.3 Å². The van der Waals surface area contributed by atoms with Crippen molar-refractivity contribution in [3.8, 4) is 0 Å². The summed E-state index contributed by atoms with van der Waals surface area (Å²) in [6.45, 7) is 5.19. The van der Waals surface area contributed by atoms with Gasteiger partial charge in [0.05, 0.1) is 6.10 Å². The predicted molar refractivity (Wildman–Crippen MR) is 67.3 cm³/mol. The zero-order valence-corrected chi connectivity index (χ0v) is 12.1. The van der Waals surface area contributed by atoms with Crippen LogP contribution in [0.3, 0.4) is 0 Å². The summed E-state index contributed by atoms with van der Waals surface area (Å²) in [5, 5.41) is 1.62. The zero-order valence-electron chi connectivity index (χ0n) is 9.69. The Kier molecular flexibility index (Phi) is 4.57. The van der Waals surface area contributed by atoms with E-state index in [2.05, 4.69) is 0 Å². The van der Waals surface area contributed by atoms with Crippen LogP contribution in [0.4, 0.5) is 0 Å². The van der Waals surface area contributed by atoms with Gasteiger partial charge in [-0.05, 0) is 31.2 Å². The summed E-state index contributed by atoms with van der Waals surface area (Å²) in [5.41, 5.74) is 0.542. The fourth-order valence-corrected chi connectivity index (χ4v) is 4.26. The second-order valence-electron chi connectivity index (χ2n) is 3.66. The average Bonchev–Trinajstić information content (AvgIpc) is 2.58. The van der Waals surface area contributed by atoms with Gasteiger partial charge in [0, 0.05) is 10.7 Å². The summed E-state index contributed by atoms with van der Waals surface area (Å²) in [6, 6.07) is 0. The number of carbonyl (C=O) groups is 1. The van der Waals surface area contributed by atoms with E-state index in [9.17, 15) is 13.2 Å². The molecule has 0 aromatic carbocycles. The monoisotopic (exact) mass is 296 g/mol. The van der Waals surface area contributed by atoms with Gasteiger partial charge in [-0.1, -0.05) is 6.92 Å². The van der Waals surface area contributed by atoms with E-state index < -0.39 is 15.0 Å². The van der Waals surface area contributed by atoms with Gasteiger partial charge >= 0.3 is 5.97 Å². The Labute approximate surface area is 109 Å². The predicted octanol–water partition coefficient (Wildman–Crippen LogP) is 2.80. The molecule has 0 radical (unpaired) electrons. The first-order valence-electron chi connectivity index (χ1n) is 5.03. The number of esters is 1. The van der Waals surface area contributed by atoms with E-state index in [1.807, 2.05) is 0 Å². The van der Waals surface area contributed by atoms with E-state index >= 15 is 0 Å². The lowest BCUT2D eigenvalue weighted by Gasteiger charge is -2.07. The molecular formula is C10H13ClO4S2. The van der Waals surface area contributed by atoms with Crippen LogP contribution in [0, 0.1) is 0 Å². The number of ether oxygens (including phenoxy) is 1. The van der Waals surface area contributed by atoms with E-state index in [1.165, 1.54) is 0 Å². The Morgan fingerprint density at radius 2 is 2.12 bits per heavy atom. The van der Waals surface area contributed by atoms with Crippen LogP contribution < -0.4 is 0 Å². The quantitative estimate of drug-likeness (QED) is 0.633. The Morgan fingerprint density at radius 3 is 2.53 bits per heavy atom. The van der Waals surface area contributed by atoms with Gasteiger partial charge in [-0.25, -0.2) is 13.2 Å². The minimum absolute atomic E-state index is 0.0468. The number of hydrogen-bond donors (Lipinski definition) is 0. The second-order valence-corrected chi connectivity index (χ2v) is 7.05. The number of aryl methyl sites for hydroxylation is 1. The van der Waals surface area contributed by atoms with Crippen molar-refractivity contribution in [2.24, 2.45) is 0 Å². The van der Waals surface area contributed by atoms with Crippen molar-refractivity contribution in [1.82, 2.24) is 0 Å². The van der Waals surface area contributed by atoms with E-state index in [-0.39, 0.29) is 15.9 Å². The highest BCUT2D eigenvalue weighted by atomic mass is 35.7. The average molecular weight is 297 g/mol. The molecule has 1 aromatic rings. The normalized spacial score (nSPS) is 11.8. The maximum absolute atomic E-state index is 11.7. The number of carbonyl (C=O) groups excluding carboxylic acids is 1. The van der Waals surface area contributed by atoms with Crippen molar-refractivity contribution < 1.29 is 17.9 Å². The molecule has 0 unspecified atom stereocenters. The SMILES string of the molecule is CCc1csc(C(=O)OC(C)C)c1S(=O)(=O)Cl. The van der Waals surface area contributed by atoms with Crippen LogP contribution in [-0.4, -0.2) is 20.5 Å². The van der Waals surface area contributed by atoms with Gasteiger partial charge in [0.25, 0.3) is 9.05 Å². The van der Waals surface area contributed by atoms with Crippen molar-refractivity contribution in [3.05, 3.63) is 15.8 Å². The lowest BCUT2D eigenvalue weighted by atomic mass is 10.2. The fourth-order valence-electron chi connectivity index (χ4n) is 1.30. The molecule has 1 heterocycles. The van der Waals surface area contributed by atoms with Crippen molar-refractivity contribution in [2.45, 2.75) is 38.2 Å². The second kappa shape index (κ2) is 5.37. The summed E-state index contributed by atoms with van der Waals surface area (Å²) < 4.78 is 27.9. The highest BCUT2D eigenvalue weighted by molar-refractivity contribution is 8.14. The molecule has 0 spiro atoms. The molecule has 7 heteroatoms. The van der Waals surface area contributed by atoms with Gasteiger partial charge < -0.3 is 4.74 Å². The highest BCUT2D eigenvalue weighted by Crippen LogP contribution is 2.31. The van der Waals surface area contributed by atoms with E-state index in [0.717, 1.165) is 11.3 Å². The van der Waals surface area contributed by atoms with Gasteiger partial charge in [-0.2, -0.15) is 0 Å². The maximum Gasteiger partial charge on any atom is 0.349 e. The number of halogens is 1. The summed E-state index contributed by atoms with van der Waals surface area (Å²) in [5.74, 6) is -0.649. The molecule has 17 heavy (non-hydrogen) atoms. The molecule has 0 atom stereocenters. The van der Waals surface area contributed by atoms with Crippen molar-refractivity contribution >= 4 is 37.0 Å². The minimum Gasteiger partial charge on any atom is -0.459 e. The molecule has 0 saturated carbocycles. The van der Waals surface area contributed by atoms with Gasteiger partial charge in [0.2, 0.25) is 0 Å². The zero-order chi connectivity index (χ0) is 13.2. The van der Waals surface area contributed by atoms with E-state index in [1.54, 1.807) is 26.2 Å². The molecule has 0 aliphatic carbocycles. The van der Waals surface area contributed by atoms with Crippen LogP contribution in [0.25, 0.3) is 0 Å². The number of hydrogen-bond acceptors (Lipinski definition) is 5. The lowest BCUT2D eigenvalue weighted by Crippen LogP contribution is -2.13. The summed E-state index contributed by atoms with van der Waals surface area (Å²) in [7, 11) is 1.41. The van der Waals surface area contributed by atoms with Gasteiger partial charge in [0.1, 0.15) is 9.77 Å². The number of thiophene rings is 1. The Hall–Kier alpha value is -0.590. The molecule has 0 saturated heterocycles. The third-order valence-electron chi connectivity index (χ3n) is 1.97. The Balaban J connectivity index is 3.27. The summed E-state index contributed by atoms with van der Waals surface area (Å²) in [4.78, 5) is 11.7. The van der Waals surface area contributed by atoms with Crippen LogP contribution in [-0.2, 0) is 20.2 Å². The molecule has 0 bridgehead atoms. The Bertz CT molecular complexity index is 516. The molecule has 4 nitrogen and oxygen atoms in total. The Morgan fingerprint density at radius 1 is 1.53 bits per heavy atom. The first-order chi connectivity index (χ1) is 7.77.